The number of amides is 1. The number of primary amides is 1. The molecule has 0 aliphatic rings. The van der Waals surface area contributed by atoms with Crippen molar-refractivity contribution in [1.82, 2.24) is 4.98 Å². The average Bonchev–Trinajstić information content (AvgIpc) is 2.13. The summed E-state index contributed by atoms with van der Waals surface area (Å²) >= 11 is 0. The Morgan fingerprint density at radius 1 is 1.90 bits per heavy atom. The predicted octanol–water partition coefficient (Wildman–Crippen LogP) is 0.441. The second kappa shape index (κ2) is 2.38. The minimum Gasteiger partial charge on any atom is -0.414 e. The summed E-state index contributed by atoms with van der Waals surface area (Å²) in [4.78, 5) is 13.6. The lowest BCUT2D eigenvalue weighted by atomic mass is 10.6. The highest BCUT2D eigenvalue weighted by Gasteiger charge is 2.03. The predicted molar refractivity (Wildman–Crippen MR) is 31.5 cm³/mol. The Morgan fingerprint density at radius 3 is 3.00 bits per heavy atom. The molecule has 1 aromatic heterocycles. The van der Waals surface area contributed by atoms with Gasteiger partial charge in [0.25, 0.3) is 0 Å². The van der Waals surface area contributed by atoms with Gasteiger partial charge >= 0.3 is 12.2 Å². The van der Waals surface area contributed by atoms with Crippen molar-refractivity contribution in [2.24, 2.45) is 5.73 Å². The maximum absolute atomic E-state index is 10.1. The maximum atomic E-state index is 10.1. The Hall–Kier alpha value is -1.52. The average molecular weight is 142 g/mol. The van der Waals surface area contributed by atoms with E-state index in [9.17, 15) is 4.79 Å². The van der Waals surface area contributed by atoms with Gasteiger partial charge < -0.3 is 14.9 Å². The Kier molecular flexibility index (Phi) is 1.57. The van der Waals surface area contributed by atoms with Crippen LogP contribution in [-0.2, 0) is 0 Å². The van der Waals surface area contributed by atoms with Crippen molar-refractivity contribution in [2.45, 2.75) is 6.92 Å². The molecule has 54 valence electrons. The fraction of sp³-hybridized carbons (Fsp3) is 0.200. The summed E-state index contributed by atoms with van der Waals surface area (Å²) in [6.45, 7) is 1.68. The van der Waals surface area contributed by atoms with E-state index in [2.05, 4.69) is 15.5 Å². The van der Waals surface area contributed by atoms with Crippen LogP contribution < -0.4 is 10.5 Å². The quantitative estimate of drug-likeness (QED) is 0.617. The fourth-order valence-corrected chi connectivity index (χ4v) is 0.467. The molecule has 0 saturated heterocycles. The Morgan fingerprint density at radius 2 is 2.60 bits per heavy atom. The van der Waals surface area contributed by atoms with E-state index in [0.29, 0.717) is 5.76 Å². The summed E-state index contributed by atoms with van der Waals surface area (Å²) < 4.78 is 9.06. The van der Waals surface area contributed by atoms with Gasteiger partial charge in [-0.3, -0.25) is 0 Å². The SMILES string of the molecule is Cc1cnc(OC(N)=O)o1. The van der Waals surface area contributed by atoms with Gasteiger partial charge in [0.15, 0.2) is 0 Å². The van der Waals surface area contributed by atoms with Gasteiger partial charge in [-0.15, -0.1) is 0 Å². The van der Waals surface area contributed by atoms with Gasteiger partial charge in [-0.25, -0.2) is 4.79 Å². The van der Waals surface area contributed by atoms with Crippen LogP contribution in [0.15, 0.2) is 10.6 Å². The van der Waals surface area contributed by atoms with Crippen molar-refractivity contribution in [2.75, 3.05) is 0 Å². The molecule has 0 spiro atoms. The molecule has 0 aliphatic heterocycles. The molecular formula is C5H6N2O3. The normalized spacial score (nSPS) is 9.30. The molecule has 0 unspecified atom stereocenters. The first-order chi connectivity index (χ1) is 4.68. The van der Waals surface area contributed by atoms with Crippen LogP contribution in [0.3, 0.4) is 0 Å². The zero-order chi connectivity index (χ0) is 7.56. The number of carbonyl (C=O) groups is 1. The first-order valence-electron chi connectivity index (χ1n) is 2.58. The van der Waals surface area contributed by atoms with E-state index in [1.54, 1.807) is 6.92 Å². The highest BCUT2D eigenvalue weighted by molar-refractivity contribution is 5.66. The van der Waals surface area contributed by atoms with Crippen LogP contribution in [0.1, 0.15) is 5.76 Å². The number of hydrogen-bond acceptors (Lipinski definition) is 4. The molecule has 10 heavy (non-hydrogen) atoms. The van der Waals surface area contributed by atoms with Gasteiger partial charge in [-0.1, -0.05) is 0 Å². The molecule has 1 rings (SSSR count). The minimum absolute atomic E-state index is 0.120. The smallest absolute Gasteiger partial charge is 0.413 e. The van der Waals surface area contributed by atoms with Gasteiger partial charge in [0.1, 0.15) is 5.76 Å². The summed E-state index contributed by atoms with van der Waals surface area (Å²) in [6.07, 6.45) is 0.380. The number of ether oxygens (including phenoxy) is 1. The van der Waals surface area contributed by atoms with Crippen LogP contribution in [0.5, 0.6) is 6.08 Å². The number of hydrogen-bond donors (Lipinski definition) is 1. The minimum atomic E-state index is -0.929. The maximum Gasteiger partial charge on any atom is 0.413 e. The molecule has 0 radical (unpaired) electrons. The van der Waals surface area contributed by atoms with Crippen LogP contribution in [0.2, 0.25) is 0 Å². The van der Waals surface area contributed by atoms with E-state index in [0.717, 1.165) is 0 Å². The molecule has 5 heteroatoms. The molecule has 1 aromatic rings. The molecular weight excluding hydrogens is 136 g/mol. The number of nitrogens with zero attached hydrogens (tertiary/aromatic N) is 1. The standard InChI is InChI=1S/C5H6N2O3/c1-3-2-7-5(9-3)10-4(6)8/h2H,1H3,(H2,6,8). The van der Waals surface area contributed by atoms with Crippen LogP contribution >= 0.6 is 0 Å². The number of rotatable bonds is 1. The lowest BCUT2D eigenvalue weighted by Gasteiger charge is -1.89. The van der Waals surface area contributed by atoms with Crippen LogP contribution in [0.4, 0.5) is 4.79 Å². The van der Waals surface area contributed by atoms with Crippen LogP contribution in [0.25, 0.3) is 0 Å². The molecule has 1 heterocycles. The second-order valence-corrected chi connectivity index (χ2v) is 1.66. The van der Waals surface area contributed by atoms with Gasteiger partial charge in [-0.2, -0.15) is 4.98 Å². The zero-order valence-electron chi connectivity index (χ0n) is 5.33. The third-order valence-corrected chi connectivity index (χ3v) is 0.788. The van der Waals surface area contributed by atoms with Gasteiger partial charge in [-0.05, 0) is 6.92 Å². The van der Waals surface area contributed by atoms with E-state index in [1.807, 2.05) is 0 Å². The highest BCUT2D eigenvalue weighted by Crippen LogP contribution is 2.08. The Balaban J connectivity index is 2.67. The van der Waals surface area contributed by atoms with Gasteiger partial charge in [0.05, 0.1) is 6.20 Å². The first-order valence-corrected chi connectivity index (χ1v) is 2.58. The summed E-state index contributed by atoms with van der Waals surface area (Å²) in [7, 11) is 0. The largest absolute Gasteiger partial charge is 0.414 e. The topological polar surface area (TPSA) is 78.4 Å². The lowest BCUT2D eigenvalue weighted by molar-refractivity contribution is 0.193. The van der Waals surface area contributed by atoms with E-state index >= 15 is 0 Å². The van der Waals surface area contributed by atoms with Crippen molar-refractivity contribution in [1.29, 1.82) is 0 Å². The summed E-state index contributed by atoms with van der Waals surface area (Å²) in [6, 6.07) is 0. The van der Waals surface area contributed by atoms with Gasteiger partial charge in [0, 0.05) is 0 Å². The molecule has 0 saturated carbocycles. The third-order valence-electron chi connectivity index (χ3n) is 0.788. The number of aromatic nitrogens is 1. The zero-order valence-corrected chi connectivity index (χ0v) is 5.33. The molecule has 0 bridgehead atoms. The van der Waals surface area contributed by atoms with Crippen LogP contribution in [-0.4, -0.2) is 11.1 Å². The number of nitrogens with two attached hydrogens (primary N) is 1. The van der Waals surface area contributed by atoms with E-state index in [1.165, 1.54) is 6.20 Å². The summed E-state index contributed by atoms with van der Waals surface area (Å²) in [5.74, 6) is 0.566. The van der Waals surface area contributed by atoms with E-state index < -0.39 is 6.09 Å². The third kappa shape index (κ3) is 1.48. The molecule has 5 nitrogen and oxygen atoms in total. The first kappa shape index (κ1) is 6.60. The van der Waals surface area contributed by atoms with E-state index in [-0.39, 0.29) is 6.08 Å². The number of oxazole rings is 1. The Labute approximate surface area is 56.8 Å². The highest BCUT2D eigenvalue weighted by atomic mass is 16.6. The fourth-order valence-electron chi connectivity index (χ4n) is 0.467. The molecule has 1 amide bonds. The van der Waals surface area contributed by atoms with E-state index in [4.69, 9.17) is 4.42 Å². The molecule has 0 aromatic carbocycles. The Bertz CT molecular complexity index is 243. The monoisotopic (exact) mass is 142 g/mol. The molecule has 2 N–H and O–H groups in total. The van der Waals surface area contributed by atoms with Crippen molar-refractivity contribution in [3.8, 4) is 6.08 Å². The van der Waals surface area contributed by atoms with Crippen molar-refractivity contribution in [3.63, 3.8) is 0 Å². The molecule has 0 aliphatic carbocycles. The summed E-state index contributed by atoms with van der Waals surface area (Å²) in [5.41, 5.74) is 4.67. The van der Waals surface area contributed by atoms with Crippen molar-refractivity contribution < 1.29 is 13.9 Å². The lowest BCUT2D eigenvalue weighted by Crippen LogP contribution is -2.16. The second-order valence-electron chi connectivity index (χ2n) is 1.66. The van der Waals surface area contributed by atoms with Gasteiger partial charge in [0.2, 0.25) is 0 Å². The van der Waals surface area contributed by atoms with Crippen molar-refractivity contribution >= 4 is 6.09 Å². The van der Waals surface area contributed by atoms with Crippen LogP contribution in [0, 0.1) is 6.92 Å². The van der Waals surface area contributed by atoms with Crippen molar-refractivity contribution in [3.05, 3.63) is 12.0 Å². The molecule has 0 atom stereocenters. The molecule has 0 fully saturated rings. The number of carbonyl (C=O) groups excluding carboxylic acids is 1. The number of aryl methyl sites for hydroxylation is 1. The summed E-state index contributed by atoms with van der Waals surface area (Å²) in [5, 5.41) is 0.